The van der Waals surface area contributed by atoms with Crippen LogP contribution in [0.15, 0.2) is 18.3 Å². The van der Waals surface area contributed by atoms with E-state index >= 15 is 0 Å². The zero-order valence-corrected chi connectivity index (χ0v) is 12.5. The minimum Gasteiger partial charge on any atom is -0.385 e. The van der Waals surface area contributed by atoms with Crippen LogP contribution in [0.1, 0.15) is 58.8 Å². The number of rotatable bonds is 11. The van der Waals surface area contributed by atoms with E-state index in [1.807, 2.05) is 12.3 Å². The molecule has 3 heteroatoms. The molecule has 0 unspecified atom stereocenters. The van der Waals surface area contributed by atoms with Crippen LogP contribution in [0.25, 0.3) is 0 Å². The van der Waals surface area contributed by atoms with E-state index in [-0.39, 0.29) is 0 Å². The van der Waals surface area contributed by atoms with Gasteiger partial charge >= 0.3 is 0 Å². The van der Waals surface area contributed by atoms with Gasteiger partial charge in [0.1, 0.15) is 5.82 Å². The molecule has 0 aliphatic carbocycles. The number of hydrogen-bond donors (Lipinski definition) is 2. The first-order chi connectivity index (χ1) is 9.36. The lowest BCUT2D eigenvalue weighted by Crippen LogP contribution is -2.05. The van der Waals surface area contributed by atoms with Crippen molar-refractivity contribution in [2.45, 2.75) is 58.8 Å². The number of unbranched alkanes of at least 4 members (excludes halogenated alkanes) is 5. The van der Waals surface area contributed by atoms with Gasteiger partial charge in [0.15, 0.2) is 0 Å². The molecule has 19 heavy (non-hydrogen) atoms. The number of nitrogens with one attached hydrogen (secondary N) is 2. The largest absolute Gasteiger partial charge is 0.385 e. The molecule has 108 valence electrons. The summed E-state index contributed by atoms with van der Waals surface area (Å²) in [6.07, 6.45) is 11.0. The van der Waals surface area contributed by atoms with Crippen molar-refractivity contribution in [3.8, 4) is 0 Å². The molecule has 1 heterocycles. The maximum atomic E-state index is 4.30. The third-order valence-corrected chi connectivity index (χ3v) is 3.18. The molecule has 0 radical (unpaired) electrons. The Bertz CT molecular complexity index is 326. The fourth-order valence-electron chi connectivity index (χ4n) is 2.03. The van der Waals surface area contributed by atoms with Gasteiger partial charge in [-0.3, -0.25) is 0 Å². The number of anilines is 2. The summed E-state index contributed by atoms with van der Waals surface area (Å²) in [5, 5.41) is 6.78. The fourth-order valence-corrected chi connectivity index (χ4v) is 2.03. The summed E-state index contributed by atoms with van der Waals surface area (Å²) in [7, 11) is 0. The van der Waals surface area contributed by atoms with Gasteiger partial charge in [-0.2, -0.15) is 0 Å². The molecular formula is C16H29N3. The van der Waals surface area contributed by atoms with Gasteiger partial charge in [-0.25, -0.2) is 4.98 Å². The Labute approximate surface area is 118 Å². The normalized spacial score (nSPS) is 10.4. The van der Waals surface area contributed by atoms with Crippen molar-refractivity contribution in [2.75, 3.05) is 23.7 Å². The molecule has 0 aromatic carbocycles. The molecule has 0 amide bonds. The van der Waals surface area contributed by atoms with Gasteiger partial charge in [-0.15, -0.1) is 0 Å². The Morgan fingerprint density at radius 3 is 2.47 bits per heavy atom. The standard InChI is InChI=1S/C16H29N3/c1-3-5-6-7-8-9-12-17-15-10-13-19-16(14-15)18-11-4-2/h10,13-14H,3-9,11-12H2,1-2H3,(H2,17,18,19). The second-order valence-corrected chi connectivity index (χ2v) is 5.05. The van der Waals surface area contributed by atoms with Crippen LogP contribution in [0.2, 0.25) is 0 Å². The average Bonchev–Trinajstić information content (AvgIpc) is 2.44. The first-order valence-electron chi connectivity index (χ1n) is 7.80. The van der Waals surface area contributed by atoms with Crippen molar-refractivity contribution >= 4 is 11.5 Å². The van der Waals surface area contributed by atoms with Crippen LogP contribution in [-0.4, -0.2) is 18.1 Å². The van der Waals surface area contributed by atoms with Crippen molar-refractivity contribution in [3.05, 3.63) is 18.3 Å². The van der Waals surface area contributed by atoms with E-state index in [1.54, 1.807) is 0 Å². The average molecular weight is 263 g/mol. The molecule has 0 atom stereocenters. The maximum Gasteiger partial charge on any atom is 0.127 e. The first-order valence-corrected chi connectivity index (χ1v) is 7.80. The lowest BCUT2D eigenvalue weighted by Gasteiger charge is -2.09. The van der Waals surface area contributed by atoms with E-state index in [9.17, 15) is 0 Å². The zero-order chi connectivity index (χ0) is 13.8. The van der Waals surface area contributed by atoms with E-state index in [4.69, 9.17) is 0 Å². The van der Waals surface area contributed by atoms with Gasteiger partial charge in [-0.05, 0) is 18.9 Å². The van der Waals surface area contributed by atoms with Crippen molar-refractivity contribution < 1.29 is 0 Å². The Hall–Kier alpha value is -1.25. The topological polar surface area (TPSA) is 37.0 Å². The smallest absolute Gasteiger partial charge is 0.127 e. The van der Waals surface area contributed by atoms with Gasteiger partial charge in [0.05, 0.1) is 0 Å². The predicted molar refractivity (Wildman–Crippen MR) is 84.9 cm³/mol. The molecule has 0 saturated heterocycles. The van der Waals surface area contributed by atoms with Crippen molar-refractivity contribution in [3.63, 3.8) is 0 Å². The van der Waals surface area contributed by atoms with Crippen LogP contribution in [0.3, 0.4) is 0 Å². The minimum absolute atomic E-state index is 0.967. The van der Waals surface area contributed by atoms with Crippen molar-refractivity contribution in [1.29, 1.82) is 0 Å². The summed E-state index contributed by atoms with van der Waals surface area (Å²) in [6.45, 7) is 6.46. The Kier molecular flexibility index (Phi) is 8.86. The first kappa shape index (κ1) is 15.8. The summed E-state index contributed by atoms with van der Waals surface area (Å²) in [5.41, 5.74) is 1.17. The molecule has 2 N–H and O–H groups in total. The molecule has 0 fully saturated rings. The highest BCUT2D eigenvalue weighted by Gasteiger charge is 1.96. The van der Waals surface area contributed by atoms with Crippen LogP contribution < -0.4 is 10.6 Å². The number of hydrogen-bond acceptors (Lipinski definition) is 3. The maximum absolute atomic E-state index is 4.30. The summed E-state index contributed by atoms with van der Waals surface area (Å²) in [6, 6.07) is 4.13. The van der Waals surface area contributed by atoms with Gasteiger partial charge in [0, 0.05) is 31.0 Å². The number of pyridine rings is 1. The van der Waals surface area contributed by atoms with Crippen LogP contribution in [0, 0.1) is 0 Å². The molecule has 1 aromatic rings. The Morgan fingerprint density at radius 2 is 1.68 bits per heavy atom. The molecule has 0 aliphatic heterocycles. The molecule has 0 bridgehead atoms. The number of aromatic nitrogens is 1. The van der Waals surface area contributed by atoms with Gasteiger partial charge in [0.2, 0.25) is 0 Å². The van der Waals surface area contributed by atoms with Crippen LogP contribution in [0.5, 0.6) is 0 Å². The highest BCUT2D eigenvalue weighted by Crippen LogP contribution is 2.12. The lowest BCUT2D eigenvalue weighted by atomic mass is 10.1. The third-order valence-electron chi connectivity index (χ3n) is 3.18. The molecule has 1 rings (SSSR count). The Morgan fingerprint density at radius 1 is 0.895 bits per heavy atom. The van der Waals surface area contributed by atoms with E-state index in [0.29, 0.717) is 0 Å². The van der Waals surface area contributed by atoms with E-state index < -0.39 is 0 Å². The monoisotopic (exact) mass is 263 g/mol. The molecule has 0 saturated carbocycles. The summed E-state index contributed by atoms with van der Waals surface area (Å²) in [4.78, 5) is 4.30. The molecule has 1 aromatic heterocycles. The minimum atomic E-state index is 0.967. The fraction of sp³-hybridized carbons (Fsp3) is 0.688. The highest BCUT2D eigenvalue weighted by molar-refractivity contribution is 5.51. The molecule has 3 nitrogen and oxygen atoms in total. The van der Waals surface area contributed by atoms with Crippen molar-refractivity contribution in [1.82, 2.24) is 4.98 Å². The third kappa shape index (κ3) is 7.70. The second kappa shape index (κ2) is 10.7. The summed E-state index contributed by atoms with van der Waals surface area (Å²) < 4.78 is 0. The SMILES string of the molecule is CCCCCCCCNc1ccnc(NCCC)c1. The van der Waals surface area contributed by atoms with Gasteiger partial charge in [0.25, 0.3) is 0 Å². The van der Waals surface area contributed by atoms with Crippen LogP contribution >= 0.6 is 0 Å². The zero-order valence-electron chi connectivity index (χ0n) is 12.5. The quantitative estimate of drug-likeness (QED) is 0.569. The summed E-state index contributed by atoms with van der Waals surface area (Å²) >= 11 is 0. The second-order valence-electron chi connectivity index (χ2n) is 5.05. The Balaban J connectivity index is 2.14. The summed E-state index contributed by atoms with van der Waals surface area (Å²) in [5.74, 6) is 0.967. The van der Waals surface area contributed by atoms with E-state index in [0.717, 1.165) is 25.3 Å². The highest BCUT2D eigenvalue weighted by atomic mass is 15.0. The van der Waals surface area contributed by atoms with Gasteiger partial charge < -0.3 is 10.6 Å². The molecule has 0 aliphatic rings. The van der Waals surface area contributed by atoms with Gasteiger partial charge in [-0.1, -0.05) is 46.0 Å². The van der Waals surface area contributed by atoms with Crippen LogP contribution in [0.4, 0.5) is 11.5 Å². The predicted octanol–water partition coefficient (Wildman–Crippen LogP) is 4.68. The van der Waals surface area contributed by atoms with E-state index in [1.165, 1.54) is 44.2 Å². The molecule has 0 spiro atoms. The van der Waals surface area contributed by atoms with E-state index in [2.05, 4.69) is 35.5 Å². The molecular weight excluding hydrogens is 234 g/mol. The van der Waals surface area contributed by atoms with Crippen LogP contribution in [-0.2, 0) is 0 Å². The lowest BCUT2D eigenvalue weighted by molar-refractivity contribution is 0.617. The number of nitrogens with zero attached hydrogens (tertiary/aromatic N) is 1. The van der Waals surface area contributed by atoms with Crippen molar-refractivity contribution in [2.24, 2.45) is 0 Å².